The topological polar surface area (TPSA) is 88.1 Å². The van der Waals surface area contributed by atoms with E-state index >= 15 is 0 Å². The van der Waals surface area contributed by atoms with E-state index < -0.39 is 29.7 Å². The van der Waals surface area contributed by atoms with Gasteiger partial charge < -0.3 is 4.74 Å². The van der Waals surface area contributed by atoms with Gasteiger partial charge in [-0.25, -0.2) is 9.69 Å². The minimum Gasteiger partial charge on any atom is -0.464 e. The van der Waals surface area contributed by atoms with Crippen molar-refractivity contribution >= 4 is 29.2 Å². The van der Waals surface area contributed by atoms with Crippen LogP contribution in [0.2, 0.25) is 0 Å². The zero-order chi connectivity index (χ0) is 15.9. The summed E-state index contributed by atoms with van der Waals surface area (Å²) in [6, 6.07) is 6.35. The first-order chi connectivity index (χ1) is 10.6. The molecule has 0 bridgehead atoms. The summed E-state index contributed by atoms with van der Waals surface area (Å²) in [4.78, 5) is 37.7. The Bertz CT molecular complexity index is 681. The van der Waals surface area contributed by atoms with Gasteiger partial charge in [-0.2, -0.15) is 5.10 Å². The van der Waals surface area contributed by atoms with Crippen LogP contribution in [0.1, 0.15) is 12.5 Å². The number of hydrazone groups is 1. The van der Waals surface area contributed by atoms with Crippen LogP contribution in [0.15, 0.2) is 29.4 Å². The third-order valence-corrected chi connectivity index (χ3v) is 3.92. The van der Waals surface area contributed by atoms with Gasteiger partial charge in [0.25, 0.3) is 5.91 Å². The van der Waals surface area contributed by atoms with Crippen molar-refractivity contribution < 1.29 is 19.1 Å². The van der Waals surface area contributed by atoms with Gasteiger partial charge in [-0.1, -0.05) is 19.1 Å². The van der Waals surface area contributed by atoms with Crippen LogP contribution >= 0.6 is 0 Å². The maximum absolute atomic E-state index is 12.6. The van der Waals surface area contributed by atoms with Crippen molar-refractivity contribution in [3.05, 3.63) is 29.8 Å². The molecule has 7 nitrogen and oxygen atoms in total. The Hall–Kier alpha value is -2.70. The highest BCUT2D eigenvalue weighted by Gasteiger charge is 2.55. The largest absolute Gasteiger partial charge is 0.464 e. The fourth-order valence-electron chi connectivity index (χ4n) is 2.70. The number of benzene rings is 1. The number of esters is 1. The summed E-state index contributed by atoms with van der Waals surface area (Å²) in [5.41, 5.74) is 4.11. The molecule has 0 saturated carbocycles. The Balaban J connectivity index is 1.92. The van der Waals surface area contributed by atoms with Gasteiger partial charge in [0.2, 0.25) is 5.91 Å². The number of carbonyl (C=O) groups excluding carboxylic acids is 3. The van der Waals surface area contributed by atoms with Crippen molar-refractivity contribution in [3.8, 4) is 0 Å². The van der Waals surface area contributed by atoms with Gasteiger partial charge in [-0.3, -0.25) is 15.0 Å². The quantitative estimate of drug-likeness (QED) is 0.638. The summed E-state index contributed by atoms with van der Waals surface area (Å²) in [6.45, 7) is 2.02. The number of methoxy groups -OCH3 is 1. The maximum Gasteiger partial charge on any atom is 0.355 e. The third-order valence-electron chi connectivity index (χ3n) is 3.92. The monoisotopic (exact) mass is 301 g/mol. The molecule has 7 heteroatoms. The summed E-state index contributed by atoms with van der Waals surface area (Å²) < 4.78 is 4.61. The molecule has 1 fully saturated rings. The number of hydrogen-bond acceptors (Lipinski definition) is 6. The average molecular weight is 301 g/mol. The van der Waals surface area contributed by atoms with E-state index in [-0.39, 0.29) is 5.71 Å². The smallest absolute Gasteiger partial charge is 0.355 e. The predicted molar refractivity (Wildman–Crippen MR) is 78.2 cm³/mol. The Morgan fingerprint density at radius 3 is 2.55 bits per heavy atom. The van der Waals surface area contributed by atoms with Crippen LogP contribution in [0.3, 0.4) is 0 Å². The second-order valence-corrected chi connectivity index (χ2v) is 5.10. The van der Waals surface area contributed by atoms with Crippen molar-refractivity contribution in [3.63, 3.8) is 0 Å². The van der Waals surface area contributed by atoms with Crippen molar-refractivity contribution in [2.75, 3.05) is 12.0 Å². The molecule has 2 aliphatic rings. The van der Waals surface area contributed by atoms with Gasteiger partial charge in [0.1, 0.15) is 12.0 Å². The Labute approximate surface area is 126 Å². The summed E-state index contributed by atoms with van der Waals surface area (Å²) >= 11 is 0. The standard InChI is InChI=1S/C15H15N3O4/c1-3-8-4-6-9(7-5-8)18-13(19)10-11(14(18)20)16-17-12(10)15(21)22-2/h4-7,10-11,16H,3H2,1-2H3/t10-,11-/m1/s1. The molecular weight excluding hydrogens is 286 g/mol. The van der Waals surface area contributed by atoms with Gasteiger partial charge in [0.05, 0.1) is 12.8 Å². The number of amides is 2. The van der Waals surface area contributed by atoms with Gasteiger partial charge in [-0.15, -0.1) is 0 Å². The van der Waals surface area contributed by atoms with E-state index in [1.165, 1.54) is 7.11 Å². The number of hydrogen-bond donors (Lipinski definition) is 1. The fourth-order valence-corrected chi connectivity index (χ4v) is 2.70. The van der Waals surface area contributed by atoms with Crippen LogP contribution < -0.4 is 10.3 Å². The summed E-state index contributed by atoms with van der Waals surface area (Å²) in [5, 5.41) is 3.77. The molecule has 0 aromatic heterocycles. The maximum atomic E-state index is 12.6. The molecule has 2 atom stereocenters. The lowest BCUT2D eigenvalue weighted by atomic mass is 9.99. The van der Waals surface area contributed by atoms with E-state index in [0.29, 0.717) is 5.69 Å². The summed E-state index contributed by atoms with van der Waals surface area (Å²) in [5.74, 6) is -2.51. The van der Waals surface area contributed by atoms with Crippen molar-refractivity contribution in [1.29, 1.82) is 0 Å². The minimum atomic E-state index is -0.925. The van der Waals surface area contributed by atoms with E-state index in [0.717, 1.165) is 16.9 Å². The zero-order valence-electron chi connectivity index (χ0n) is 12.2. The molecule has 0 radical (unpaired) electrons. The molecule has 22 heavy (non-hydrogen) atoms. The average Bonchev–Trinajstić information content (AvgIpc) is 3.08. The lowest BCUT2D eigenvalue weighted by Gasteiger charge is -2.15. The molecular formula is C15H15N3O4. The molecule has 114 valence electrons. The summed E-state index contributed by atoms with van der Waals surface area (Å²) in [7, 11) is 1.21. The van der Waals surface area contributed by atoms with Crippen LogP contribution in [0.4, 0.5) is 5.69 Å². The number of anilines is 1. The summed E-state index contributed by atoms with van der Waals surface area (Å²) in [6.07, 6.45) is 0.869. The molecule has 1 saturated heterocycles. The second kappa shape index (κ2) is 5.25. The molecule has 1 aromatic rings. The Morgan fingerprint density at radius 1 is 1.27 bits per heavy atom. The van der Waals surface area contributed by atoms with E-state index in [9.17, 15) is 14.4 Å². The lowest BCUT2D eigenvalue weighted by Crippen LogP contribution is -2.36. The van der Waals surface area contributed by atoms with E-state index in [2.05, 4.69) is 15.3 Å². The normalized spacial score (nSPS) is 23.2. The highest BCUT2D eigenvalue weighted by Crippen LogP contribution is 2.30. The number of nitrogens with zero attached hydrogens (tertiary/aromatic N) is 2. The molecule has 1 N–H and O–H groups in total. The van der Waals surface area contributed by atoms with Gasteiger partial charge in [0, 0.05) is 0 Å². The van der Waals surface area contributed by atoms with Gasteiger partial charge in [0.15, 0.2) is 5.71 Å². The van der Waals surface area contributed by atoms with Crippen LogP contribution in [-0.4, -0.2) is 36.6 Å². The first kappa shape index (κ1) is 14.2. The molecule has 3 rings (SSSR count). The second-order valence-electron chi connectivity index (χ2n) is 5.10. The third kappa shape index (κ3) is 1.97. The zero-order valence-corrected chi connectivity index (χ0v) is 12.2. The van der Waals surface area contributed by atoms with Gasteiger partial charge >= 0.3 is 5.97 Å². The molecule has 0 aliphatic carbocycles. The molecule has 0 spiro atoms. The van der Waals surface area contributed by atoms with E-state index in [1.54, 1.807) is 12.1 Å². The van der Waals surface area contributed by atoms with E-state index in [4.69, 9.17) is 0 Å². The lowest BCUT2D eigenvalue weighted by molar-refractivity contribution is -0.133. The van der Waals surface area contributed by atoms with Crippen molar-refractivity contribution in [2.45, 2.75) is 19.4 Å². The number of imide groups is 1. The van der Waals surface area contributed by atoms with Crippen molar-refractivity contribution in [1.82, 2.24) is 5.43 Å². The number of aryl methyl sites for hydroxylation is 1. The van der Waals surface area contributed by atoms with Crippen LogP contribution in [-0.2, 0) is 25.5 Å². The molecule has 2 heterocycles. The number of carbonyl (C=O) groups is 3. The SMILES string of the molecule is CCc1ccc(N2C(=O)[C@H]3C(C(=O)OC)=NN[C@H]3C2=O)cc1. The Morgan fingerprint density at radius 2 is 1.95 bits per heavy atom. The predicted octanol–water partition coefficient (Wildman–Crippen LogP) is 0.239. The fraction of sp³-hybridized carbons (Fsp3) is 0.333. The van der Waals surface area contributed by atoms with Crippen LogP contribution in [0.25, 0.3) is 0 Å². The van der Waals surface area contributed by atoms with Gasteiger partial charge in [-0.05, 0) is 24.1 Å². The first-order valence-electron chi connectivity index (χ1n) is 6.96. The first-order valence-corrected chi connectivity index (χ1v) is 6.96. The molecule has 0 unspecified atom stereocenters. The Kier molecular flexibility index (Phi) is 3.40. The number of nitrogens with one attached hydrogen (secondary N) is 1. The molecule has 1 aromatic carbocycles. The van der Waals surface area contributed by atoms with E-state index in [1.807, 2.05) is 19.1 Å². The number of rotatable bonds is 3. The number of ether oxygens (including phenoxy) is 1. The van der Waals surface area contributed by atoms with Crippen LogP contribution in [0, 0.1) is 5.92 Å². The molecule has 2 aliphatic heterocycles. The molecule has 2 amide bonds. The minimum absolute atomic E-state index is 0.0569. The highest BCUT2D eigenvalue weighted by molar-refractivity contribution is 6.46. The van der Waals surface area contributed by atoms with Crippen molar-refractivity contribution in [2.24, 2.45) is 11.0 Å². The number of fused-ring (bicyclic) bond motifs is 1. The highest BCUT2D eigenvalue weighted by atomic mass is 16.5. The van der Waals surface area contributed by atoms with Crippen LogP contribution in [0.5, 0.6) is 0 Å².